The molecule has 0 fully saturated rings. The summed E-state index contributed by atoms with van der Waals surface area (Å²) in [5, 5.41) is 2.94. The van der Waals surface area contributed by atoms with Crippen molar-refractivity contribution in [1.29, 1.82) is 0 Å². The third-order valence-electron chi connectivity index (χ3n) is 4.73. The van der Waals surface area contributed by atoms with Crippen LogP contribution in [-0.2, 0) is 11.3 Å². The summed E-state index contributed by atoms with van der Waals surface area (Å²) in [6.45, 7) is 8.22. The zero-order valence-corrected chi connectivity index (χ0v) is 16.2. The van der Waals surface area contributed by atoms with Gasteiger partial charge in [0.05, 0.1) is 0 Å². The summed E-state index contributed by atoms with van der Waals surface area (Å²) in [6.07, 6.45) is 3.15. The van der Waals surface area contributed by atoms with Gasteiger partial charge in [0.2, 0.25) is 0 Å². The molecule has 1 amide bonds. The zero-order valence-electron chi connectivity index (χ0n) is 16.2. The third kappa shape index (κ3) is 4.37. The molecule has 0 aliphatic rings. The topological polar surface area (TPSA) is 56.1 Å². The van der Waals surface area contributed by atoms with E-state index in [1.54, 1.807) is 13.1 Å². The minimum atomic E-state index is -0.557. The summed E-state index contributed by atoms with van der Waals surface area (Å²) < 4.78 is 7.85. The predicted molar refractivity (Wildman–Crippen MR) is 106 cm³/mol. The number of nitrogens with zero attached hydrogens (tertiary/aromatic N) is 2. The van der Waals surface area contributed by atoms with Gasteiger partial charge in [0, 0.05) is 24.6 Å². The van der Waals surface area contributed by atoms with E-state index in [0.717, 1.165) is 34.0 Å². The number of hydrogen-bond donors (Lipinski definition) is 1. The molecular weight excluding hydrogens is 338 g/mol. The molecule has 27 heavy (non-hydrogen) atoms. The lowest BCUT2D eigenvalue weighted by molar-refractivity contribution is -0.127. The Hall–Kier alpha value is -3.08. The summed E-state index contributed by atoms with van der Waals surface area (Å²) in [4.78, 5) is 16.6. The van der Waals surface area contributed by atoms with E-state index in [0.29, 0.717) is 6.54 Å². The monoisotopic (exact) mass is 363 g/mol. The Morgan fingerprint density at radius 3 is 2.56 bits per heavy atom. The Bertz CT molecular complexity index is 929. The van der Waals surface area contributed by atoms with Crippen molar-refractivity contribution in [2.45, 2.75) is 40.3 Å². The van der Waals surface area contributed by atoms with Crippen molar-refractivity contribution in [3.05, 3.63) is 77.4 Å². The molecule has 0 radical (unpaired) electrons. The van der Waals surface area contributed by atoms with E-state index in [4.69, 9.17) is 4.74 Å². The van der Waals surface area contributed by atoms with Gasteiger partial charge < -0.3 is 14.6 Å². The molecule has 1 unspecified atom stereocenters. The van der Waals surface area contributed by atoms with E-state index in [1.807, 2.05) is 74.0 Å². The summed E-state index contributed by atoms with van der Waals surface area (Å²) >= 11 is 0. The molecule has 0 bridgehead atoms. The van der Waals surface area contributed by atoms with Crippen LogP contribution in [0.4, 0.5) is 0 Å². The number of carbonyl (C=O) groups is 1. The van der Waals surface area contributed by atoms with Gasteiger partial charge in [-0.25, -0.2) is 4.98 Å². The maximum absolute atomic E-state index is 12.4. The van der Waals surface area contributed by atoms with Gasteiger partial charge in [-0.3, -0.25) is 4.79 Å². The van der Waals surface area contributed by atoms with E-state index < -0.39 is 6.10 Å². The molecule has 0 saturated heterocycles. The molecule has 5 heteroatoms. The quantitative estimate of drug-likeness (QED) is 0.723. The number of carbonyl (C=O) groups excluding carboxylic acids is 1. The van der Waals surface area contributed by atoms with Gasteiger partial charge in [-0.1, -0.05) is 24.3 Å². The molecule has 1 atom stereocenters. The van der Waals surface area contributed by atoms with Gasteiger partial charge in [0.25, 0.3) is 5.91 Å². The van der Waals surface area contributed by atoms with Crippen LogP contribution in [0.25, 0.3) is 5.69 Å². The number of ether oxygens (including phenoxy) is 1. The number of benzene rings is 2. The summed E-state index contributed by atoms with van der Waals surface area (Å²) in [5.41, 5.74) is 4.28. The maximum atomic E-state index is 12.4. The third-order valence-corrected chi connectivity index (χ3v) is 4.73. The first-order chi connectivity index (χ1) is 13.0. The Balaban J connectivity index is 1.57. The van der Waals surface area contributed by atoms with Crippen molar-refractivity contribution in [3.8, 4) is 11.4 Å². The molecule has 1 heterocycles. The van der Waals surface area contributed by atoms with Gasteiger partial charge in [-0.05, 0) is 62.6 Å². The average Bonchev–Trinajstić information content (AvgIpc) is 3.09. The predicted octanol–water partition coefficient (Wildman–Crippen LogP) is 3.88. The van der Waals surface area contributed by atoms with Crippen LogP contribution in [0.1, 0.15) is 29.4 Å². The number of imidazole rings is 1. The maximum Gasteiger partial charge on any atom is 0.261 e. The second kappa shape index (κ2) is 8.08. The van der Waals surface area contributed by atoms with E-state index in [9.17, 15) is 4.79 Å². The van der Waals surface area contributed by atoms with Gasteiger partial charge in [-0.15, -0.1) is 0 Å². The van der Waals surface area contributed by atoms with Crippen molar-refractivity contribution < 1.29 is 9.53 Å². The van der Waals surface area contributed by atoms with Crippen LogP contribution in [0, 0.1) is 20.8 Å². The number of amides is 1. The molecule has 0 spiro atoms. The van der Waals surface area contributed by atoms with Gasteiger partial charge in [-0.2, -0.15) is 0 Å². The van der Waals surface area contributed by atoms with Gasteiger partial charge in [0.1, 0.15) is 11.6 Å². The smallest absolute Gasteiger partial charge is 0.261 e. The van der Waals surface area contributed by atoms with Crippen LogP contribution in [-0.4, -0.2) is 21.6 Å². The minimum Gasteiger partial charge on any atom is -0.481 e. The molecule has 0 aliphatic carbocycles. The van der Waals surface area contributed by atoms with Crippen LogP contribution in [0.2, 0.25) is 0 Å². The molecule has 0 aliphatic heterocycles. The van der Waals surface area contributed by atoms with Crippen molar-refractivity contribution in [2.24, 2.45) is 0 Å². The lowest BCUT2D eigenvalue weighted by Crippen LogP contribution is -2.36. The van der Waals surface area contributed by atoms with E-state index in [-0.39, 0.29) is 5.91 Å². The first kappa shape index (κ1) is 18.7. The van der Waals surface area contributed by atoms with Gasteiger partial charge in [0.15, 0.2) is 6.10 Å². The first-order valence-corrected chi connectivity index (χ1v) is 9.05. The molecule has 2 aromatic carbocycles. The number of rotatable bonds is 6. The molecule has 3 rings (SSSR count). The van der Waals surface area contributed by atoms with Crippen molar-refractivity contribution in [3.63, 3.8) is 0 Å². The zero-order chi connectivity index (χ0) is 19.4. The first-order valence-electron chi connectivity index (χ1n) is 9.05. The van der Waals surface area contributed by atoms with Crippen molar-refractivity contribution in [2.75, 3.05) is 0 Å². The fourth-order valence-corrected chi connectivity index (χ4v) is 2.85. The Morgan fingerprint density at radius 1 is 1.15 bits per heavy atom. The highest BCUT2D eigenvalue weighted by Crippen LogP contribution is 2.21. The average molecular weight is 363 g/mol. The molecular formula is C22H25N3O2. The normalized spacial score (nSPS) is 11.9. The van der Waals surface area contributed by atoms with Crippen molar-refractivity contribution in [1.82, 2.24) is 14.9 Å². The van der Waals surface area contributed by atoms with Crippen LogP contribution in [0.5, 0.6) is 5.75 Å². The Kier molecular flexibility index (Phi) is 5.60. The lowest BCUT2D eigenvalue weighted by atomic mass is 10.1. The fourth-order valence-electron chi connectivity index (χ4n) is 2.85. The minimum absolute atomic E-state index is 0.134. The van der Waals surface area contributed by atoms with Crippen LogP contribution >= 0.6 is 0 Å². The molecule has 0 saturated carbocycles. The number of aromatic nitrogens is 2. The van der Waals surface area contributed by atoms with Crippen LogP contribution in [0.15, 0.2) is 54.9 Å². The molecule has 3 aromatic rings. The highest BCUT2D eigenvalue weighted by atomic mass is 16.5. The second-order valence-corrected chi connectivity index (χ2v) is 6.69. The summed E-state index contributed by atoms with van der Waals surface area (Å²) in [7, 11) is 0. The van der Waals surface area contributed by atoms with Gasteiger partial charge >= 0.3 is 0 Å². The second-order valence-electron chi connectivity index (χ2n) is 6.69. The highest BCUT2D eigenvalue weighted by molar-refractivity contribution is 5.80. The van der Waals surface area contributed by atoms with E-state index >= 15 is 0 Å². The molecule has 1 aromatic heterocycles. The number of aryl methyl sites for hydroxylation is 2. The Labute approximate surface area is 160 Å². The van der Waals surface area contributed by atoms with Crippen LogP contribution in [0.3, 0.4) is 0 Å². The number of hydrogen-bond acceptors (Lipinski definition) is 3. The van der Waals surface area contributed by atoms with Crippen molar-refractivity contribution >= 4 is 5.91 Å². The van der Waals surface area contributed by atoms with E-state index in [1.165, 1.54) is 0 Å². The largest absolute Gasteiger partial charge is 0.481 e. The number of nitrogens with one attached hydrogen (secondary N) is 1. The summed E-state index contributed by atoms with van der Waals surface area (Å²) in [5.74, 6) is 1.55. The fraction of sp³-hybridized carbons (Fsp3) is 0.273. The molecule has 140 valence electrons. The van der Waals surface area contributed by atoms with Crippen LogP contribution < -0.4 is 10.1 Å². The molecule has 5 nitrogen and oxygen atoms in total. The summed E-state index contributed by atoms with van der Waals surface area (Å²) in [6, 6.07) is 13.9. The highest BCUT2D eigenvalue weighted by Gasteiger charge is 2.15. The standard InChI is InChI=1S/C22H25N3O2/c1-15-6-5-7-21(16(15)2)27-17(3)22(26)24-14-19-8-10-20(11-9-19)25-13-12-23-18(25)4/h5-13,17H,14H2,1-4H3,(H,24,26). The Morgan fingerprint density at radius 2 is 1.89 bits per heavy atom. The lowest BCUT2D eigenvalue weighted by Gasteiger charge is -2.17. The SMILES string of the molecule is Cc1cccc(OC(C)C(=O)NCc2ccc(-n3ccnc3C)cc2)c1C. The van der Waals surface area contributed by atoms with E-state index in [2.05, 4.69) is 10.3 Å². The molecule has 1 N–H and O–H groups in total.